The average molecular weight is 441 g/mol. The number of nitrogens with zero attached hydrogens (tertiary/aromatic N) is 3. The van der Waals surface area contributed by atoms with Gasteiger partial charge in [0.1, 0.15) is 29.6 Å². The lowest BCUT2D eigenvalue weighted by atomic mass is 10.2. The molecule has 3 aromatic rings. The zero-order chi connectivity index (χ0) is 23.3. The van der Waals surface area contributed by atoms with Crippen molar-refractivity contribution in [3.8, 4) is 5.75 Å². The van der Waals surface area contributed by atoms with Crippen molar-refractivity contribution < 1.29 is 19.1 Å². The Morgan fingerprint density at radius 3 is 2.66 bits per heavy atom. The van der Waals surface area contributed by atoms with Crippen LogP contribution in [0.3, 0.4) is 0 Å². The van der Waals surface area contributed by atoms with Gasteiger partial charge in [0.15, 0.2) is 11.4 Å². The molecule has 0 fully saturated rings. The van der Waals surface area contributed by atoms with Crippen molar-refractivity contribution in [2.45, 2.75) is 33.3 Å². The standard InChI is InChI=1S/C22H28N6O4/c1-14(29)17-13-25-28-19(23-5)12-18(27-20(17)28)26-15-7-6-8-16(11-15)31-10-9-24-21(30)32-22(2,3)4/h6-8,11-13,23H,9-10H2,1-5H3,(H,24,30)(H,26,27). The molecule has 170 valence electrons. The number of carbonyl (C=O) groups excluding carboxylic acids is 2. The van der Waals surface area contributed by atoms with Gasteiger partial charge in [0, 0.05) is 24.9 Å². The van der Waals surface area contributed by atoms with Crippen molar-refractivity contribution in [3.63, 3.8) is 0 Å². The smallest absolute Gasteiger partial charge is 0.407 e. The van der Waals surface area contributed by atoms with Gasteiger partial charge >= 0.3 is 6.09 Å². The Morgan fingerprint density at radius 1 is 1.19 bits per heavy atom. The number of hydrogen-bond acceptors (Lipinski definition) is 8. The summed E-state index contributed by atoms with van der Waals surface area (Å²) in [6.07, 6.45) is 1.03. The molecule has 0 aliphatic carbocycles. The Morgan fingerprint density at radius 2 is 1.97 bits per heavy atom. The number of anilines is 3. The first kappa shape index (κ1) is 22.9. The lowest BCUT2D eigenvalue weighted by molar-refractivity contribution is 0.0520. The van der Waals surface area contributed by atoms with E-state index in [4.69, 9.17) is 9.47 Å². The molecule has 1 aromatic carbocycles. The topological polar surface area (TPSA) is 119 Å². The third kappa shape index (κ3) is 5.87. The molecule has 32 heavy (non-hydrogen) atoms. The van der Waals surface area contributed by atoms with Crippen LogP contribution in [-0.4, -0.2) is 52.3 Å². The van der Waals surface area contributed by atoms with Gasteiger partial charge in [-0.2, -0.15) is 9.61 Å². The van der Waals surface area contributed by atoms with Crippen molar-refractivity contribution in [1.82, 2.24) is 19.9 Å². The minimum atomic E-state index is -0.544. The van der Waals surface area contributed by atoms with Gasteiger partial charge in [-0.1, -0.05) is 6.07 Å². The van der Waals surface area contributed by atoms with E-state index in [2.05, 4.69) is 26.0 Å². The molecule has 3 rings (SSSR count). The van der Waals surface area contributed by atoms with Gasteiger partial charge in [0.25, 0.3) is 0 Å². The van der Waals surface area contributed by atoms with E-state index in [1.54, 1.807) is 17.6 Å². The molecule has 0 saturated carbocycles. The Bertz CT molecular complexity index is 1120. The summed E-state index contributed by atoms with van der Waals surface area (Å²) < 4.78 is 12.5. The molecule has 10 heteroatoms. The Hall–Kier alpha value is -3.82. The Kier molecular flexibility index (Phi) is 6.82. The quantitative estimate of drug-likeness (QED) is 0.359. The second kappa shape index (κ2) is 9.54. The molecule has 0 aliphatic rings. The number of carbonyl (C=O) groups is 2. The molecule has 0 unspecified atom stereocenters. The van der Waals surface area contributed by atoms with Crippen molar-refractivity contribution in [1.29, 1.82) is 0 Å². The minimum absolute atomic E-state index is 0.109. The van der Waals surface area contributed by atoms with Crippen LogP contribution >= 0.6 is 0 Å². The summed E-state index contributed by atoms with van der Waals surface area (Å²) in [5.41, 5.74) is 1.12. The number of nitrogens with one attached hydrogen (secondary N) is 3. The predicted octanol–water partition coefficient (Wildman–Crippen LogP) is 3.62. The number of ketones is 1. The lowest BCUT2D eigenvalue weighted by Gasteiger charge is -2.19. The number of fused-ring (bicyclic) bond motifs is 1. The zero-order valence-corrected chi connectivity index (χ0v) is 18.9. The molecule has 2 heterocycles. The molecule has 1 amide bonds. The summed E-state index contributed by atoms with van der Waals surface area (Å²) >= 11 is 0. The zero-order valence-electron chi connectivity index (χ0n) is 18.9. The maximum Gasteiger partial charge on any atom is 0.407 e. The van der Waals surface area contributed by atoms with Crippen LogP contribution in [0.25, 0.3) is 5.65 Å². The highest BCUT2D eigenvalue weighted by atomic mass is 16.6. The molecule has 0 bridgehead atoms. The summed E-state index contributed by atoms with van der Waals surface area (Å²) in [5, 5.41) is 13.2. The van der Waals surface area contributed by atoms with Crippen LogP contribution in [0.5, 0.6) is 5.75 Å². The minimum Gasteiger partial charge on any atom is -0.492 e. The number of aromatic nitrogens is 3. The van der Waals surface area contributed by atoms with E-state index in [1.165, 1.54) is 13.1 Å². The van der Waals surface area contributed by atoms with E-state index in [1.807, 2.05) is 45.0 Å². The van der Waals surface area contributed by atoms with Gasteiger partial charge in [0.2, 0.25) is 0 Å². The second-order valence-corrected chi connectivity index (χ2v) is 8.06. The van der Waals surface area contributed by atoms with Crippen LogP contribution in [0.1, 0.15) is 38.1 Å². The van der Waals surface area contributed by atoms with Gasteiger partial charge in [-0.15, -0.1) is 0 Å². The lowest BCUT2D eigenvalue weighted by Crippen LogP contribution is -2.34. The molecular weight excluding hydrogens is 412 g/mol. The molecule has 0 aliphatic heterocycles. The van der Waals surface area contributed by atoms with Gasteiger partial charge in [-0.05, 0) is 39.8 Å². The van der Waals surface area contributed by atoms with Crippen LogP contribution in [-0.2, 0) is 4.74 Å². The molecule has 3 N–H and O–H groups in total. The maximum absolute atomic E-state index is 11.9. The van der Waals surface area contributed by atoms with Gasteiger partial charge in [0.05, 0.1) is 18.3 Å². The monoisotopic (exact) mass is 440 g/mol. The van der Waals surface area contributed by atoms with Crippen LogP contribution in [0, 0.1) is 0 Å². The molecule has 0 atom stereocenters. The SMILES string of the molecule is CNc1cc(Nc2cccc(OCCNC(=O)OC(C)(C)C)c2)nc2c(C(C)=O)cnn12. The van der Waals surface area contributed by atoms with Gasteiger partial charge < -0.3 is 25.4 Å². The third-order valence-electron chi connectivity index (χ3n) is 4.25. The Balaban J connectivity index is 1.66. The van der Waals surface area contributed by atoms with Crippen LogP contribution in [0.2, 0.25) is 0 Å². The van der Waals surface area contributed by atoms with Crippen LogP contribution in [0.4, 0.5) is 22.1 Å². The van der Waals surface area contributed by atoms with Crippen LogP contribution in [0.15, 0.2) is 36.5 Å². The van der Waals surface area contributed by atoms with E-state index in [0.717, 1.165) is 5.69 Å². The highest BCUT2D eigenvalue weighted by Gasteiger charge is 2.16. The van der Waals surface area contributed by atoms with Gasteiger partial charge in [-0.3, -0.25) is 4.79 Å². The summed E-state index contributed by atoms with van der Waals surface area (Å²) in [4.78, 5) is 28.1. The fourth-order valence-electron chi connectivity index (χ4n) is 2.90. The molecule has 0 saturated heterocycles. The fourth-order valence-corrected chi connectivity index (χ4v) is 2.90. The number of rotatable bonds is 8. The van der Waals surface area contributed by atoms with E-state index < -0.39 is 11.7 Å². The molecule has 0 spiro atoms. The second-order valence-electron chi connectivity index (χ2n) is 8.06. The first-order valence-corrected chi connectivity index (χ1v) is 10.2. The highest BCUT2D eigenvalue weighted by molar-refractivity contribution is 6.00. The molecule has 10 nitrogen and oxygen atoms in total. The van der Waals surface area contributed by atoms with Crippen molar-refractivity contribution >= 4 is 34.8 Å². The summed E-state index contributed by atoms with van der Waals surface area (Å²) in [7, 11) is 1.77. The number of benzene rings is 1. The van der Waals surface area contributed by atoms with E-state index in [-0.39, 0.29) is 12.4 Å². The number of alkyl carbamates (subject to hydrolysis) is 1. The van der Waals surface area contributed by atoms with Crippen LogP contribution < -0.4 is 20.7 Å². The van der Waals surface area contributed by atoms with Gasteiger partial charge in [-0.25, -0.2) is 9.78 Å². The normalized spacial score (nSPS) is 11.2. The number of ether oxygens (including phenoxy) is 2. The van der Waals surface area contributed by atoms with E-state index in [9.17, 15) is 9.59 Å². The largest absolute Gasteiger partial charge is 0.492 e. The van der Waals surface area contributed by atoms with Crippen molar-refractivity contribution in [2.24, 2.45) is 0 Å². The Labute approximate surface area is 186 Å². The van der Waals surface area contributed by atoms with Crippen molar-refractivity contribution in [2.75, 3.05) is 30.8 Å². The fraction of sp³-hybridized carbons (Fsp3) is 0.364. The summed E-state index contributed by atoms with van der Waals surface area (Å²) in [6, 6.07) is 9.15. The molecule has 2 aromatic heterocycles. The van der Waals surface area contributed by atoms with Crippen molar-refractivity contribution in [3.05, 3.63) is 42.1 Å². The number of amides is 1. The van der Waals surface area contributed by atoms with E-state index in [0.29, 0.717) is 35.1 Å². The average Bonchev–Trinajstić information content (AvgIpc) is 3.14. The number of hydrogen-bond donors (Lipinski definition) is 3. The van der Waals surface area contributed by atoms with E-state index >= 15 is 0 Å². The molecular formula is C22H28N6O4. The third-order valence-corrected chi connectivity index (χ3v) is 4.25. The number of Topliss-reactive ketones (excluding diaryl/α,β-unsaturated/α-hetero) is 1. The highest BCUT2D eigenvalue weighted by Crippen LogP contribution is 2.24. The predicted molar refractivity (Wildman–Crippen MR) is 122 cm³/mol. The first-order valence-electron chi connectivity index (χ1n) is 10.2. The summed E-state index contributed by atoms with van der Waals surface area (Å²) in [6.45, 7) is 7.50. The maximum atomic E-state index is 11.9. The first-order chi connectivity index (χ1) is 15.2. The molecule has 0 radical (unpaired) electrons. The summed E-state index contributed by atoms with van der Waals surface area (Å²) in [5.74, 6) is 1.76.